The summed E-state index contributed by atoms with van der Waals surface area (Å²) in [4.78, 5) is 2.49. The van der Waals surface area contributed by atoms with Gasteiger partial charge in [-0.3, -0.25) is 0 Å². The zero-order valence-electron chi connectivity index (χ0n) is 13.9. The molecule has 1 aromatic carbocycles. The maximum atomic E-state index is 3.16. The first-order chi connectivity index (χ1) is 11.3. The fourth-order valence-electron chi connectivity index (χ4n) is 4.28. The van der Waals surface area contributed by atoms with Crippen molar-refractivity contribution in [1.82, 2.24) is 0 Å². The molecule has 0 bridgehead atoms. The van der Waals surface area contributed by atoms with Crippen LogP contribution in [0.4, 0.5) is 5.69 Å². The second-order valence-corrected chi connectivity index (χ2v) is 6.82. The molecular formula is C22H23N. The van der Waals surface area contributed by atoms with Gasteiger partial charge in [0.2, 0.25) is 0 Å². The molecule has 2 atom stereocenters. The van der Waals surface area contributed by atoms with Crippen LogP contribution in [0.2, 0.25) is 0 Å². The first kappa shape index (κ1) is 14.4. The van der Waals surface area contributed by atoms with E-state index in [9.17, 15) is 0 Å². The number of allylic oxidation sites excluding steroid dienone is 6. The second-order valence-electron chi connectivity index (χ2n) is 6.82. The van der Waals surface area contributed by atoms with Gasteiger partial charge in [0.15, 0.2) is 0 Å². The van der Waals surface area contributed by atoms with E-state index < -0.39 is 0 Å². The van der Waals surface area contributed by atoms with Crippen LogP contribution in [0.15, 0.2) is 77.7 Å². The molecule has 1 spiro atoms. The lowest BCUT2D eigenvalue weighted by atomic mass is 9.93. The Balaban J connectivity index is 1.73. The van der Waals surface area contributed by atoms with Gasteiger partial charge in [0.25, 0.3) is 0 Å². The fourth-order valence-corrected chi connectivity index (χ4v) is 4.28. The van der Waals surface area contributed by atoms with Gasteiger partial charge in [0.05, 0.1) is 0 Å². The van der Waals surface area contributed by atoms with E-state index in [4.69, 9.17) is 0 Å². The number of fused-ring (bicyclic) bond motifs is 2. The van der Waals surface area contributed by atoms with Crippen molar-refractivity contribution in [3.63, 3.8) is 0 Å². The van der Waals surface area contributed by atoms with Gasteiger partial charge in [-0.15, -0.1) is 5.73 Å². The van der Waals surface area contributed by atoms with Crippen molar-refractivity contribution in [2.45, 2.75) is 32.1 Å². The van der Waals surface area contributed by atoms with E-state index in [1.54, 1.807) is 5.57 Å². The lowest BCUT2D eigenvalue weighted by Gasteiger charge is -2.21. The van der Waals surface area contributed by atoms with Gasteiger partial charge in [-0.2, -0.15) is 0 Å². The predicted octanol–water partition coefficient (Wildman–Crippen LogP) is 5.29. The van der Waals surface area contributed by atoms with E-state index in [2.05, 4.69) is 73.0 Å². The third kappa shape index (κ3) is 2.24. The molecule has 116 valence electrons. The molecule has 2 unspecified atom stereocenters. The van der Waals surface area contributed by atoms with E-state index in [0.717, 1.165) is 13.0 Å². The molecule has 1 nitrogen and oxygen atoms in total. The molecule has 23 heavy (non-hydrogen) atoms. The highest BCUT2D eigenvalue weighted by molar-refractivity contribution is 5.71. The number of para-hydroxylation sites is 1. The zero-order valence-corrected chi connectivity index (χ0v) is 13.9. The van der Waals surface area contributed by atoms with Crippen molar-refractivity contribution >= 4 is 5.69 Å². The molecule has 1 saturated carbocycles. The van der Waals surface area contributed by atoms with Crippen molar-refractivity contribution in [3.05, 3.63) is 83.3 Å². The Kier molecular flexibility index (Phi) is 3.39. The molecule has 2 aliphatic carbocycles. The molecular weight excluding hydrogens is 278 g/mol. The molecule has 1 aliphatic heterocycles. The maximum absolute atomic E-state index is 3.16. The standard InChI is InChI=1S/C22H23N/c1-3-10-17(2)20-15-22(20)16-23(18-11-6-4-5-7-12-18)21-14-9-8-13-19(21)22/h4,6-14,20H,3,15-16H2,1-2H3/b17-10-. The highest BCUT2D eigenvalue weighted by Gasteiger charge is 2.60. The Morgan fingerprint density at radius 2 is 2.22 bits per heavy atom. The van der Waals surface area contributed by atoms with Crippen LogP contribution in [-0.4, -0.2) is 6.54 Å². The van der Waals surface area contributed by atoms with Crippen molar-refractivity contribution in [2.24, 2.45) is 5.92 Å². The summed E-state index contributed by atoms with van der Waals surface area (Å²) in [6, 6.07) is 8.96. The maximum Gasteiger partial charge on any atom is 0.0450 e. The van der Waals surface area contributed by atoms with E-state index in [-0.39, 0.29) is 0 Å². The first-order valence-corrected chi connectivity index (χ1v) is 8.59. The smallest absolute Gasteiger partial charge is 0.0450 e. The lowest BCUT2D eigenvalue weighted by Crippen LogP contribution is -2.24. The van der Waals surface area contributed by atoms with Crippen LogP contribution in [0.1, 0.15) is 32.3 Å². The number of rotatable bonds is 3. The minimum atomic E-state index is 0.324. The highest BCUT2D eigenvalue weighted by atomic mass is 15.2. The molecule has 0 aromatic heterocycles. The van der Waals surface area contributed by atoms with Crippen LogP contribution in [-0.2, 0) is 5.41 Å². The van der Waals surface area contributed by atoms with Gasteiger partial charge in [-0.25, -0.2) is 0 Å². The Bertz CT molecular complexity index is 786. The first-order valence-electron chi connectivity index (χ1n) is 8.59. The minimum Gasteiger partial charge on any atom is -0.340 e. The summed E-state index contributed by atoms with van der Waals surface area (Å²) >= 11 is 0. The number of benzene rings is 1. The Morgan fingerprint density at radius 1 is 1.35 bits per heavy atom. The van der Waals surface area contributed by atoms with Crippen molar-refractivity contribution in [1.29, 1.82) is 0 Å². The highest BCUT2D eigenvalue weighted by Crippen LogP contribution is 2.64. The summed E-state index contributed by atoms with van der Waals surface area (Å²) in [5.74, 6) is 0.706. The largest absolute Gasteiger partial charge is 0.340 e. The van der Waals surface area contributed by atoms with Crippen LogP contribution in [0, 0.1) is 5.92 Å². The predicted molar refractivity (Wildman–Crippen MR) is 97.5 cm³/mol. The molecule has 0 N–H and O–H groups in total. The Labute approximate surface area is 139 Å². The number of nitrogens with zero attached hydrogens (tertiary/aromatic N) is 1. The topological polar surface area (TPSA) is 3.24 Å². The number of hydrogen-bond donors (Lipinski definition) is 0. The Morgan fingerprint density at radius 3 is 3.09 bits per heavy atom. The molecule has 0 amide bonds. The van der Waals surface area contributed by atoms with E-state index in [0.29, 0.717) is 11.3 Å². The molecule has 3 aliphatic rings. The Hall–Kier alpha value is -2.24. The van der Waals surface area contributed by atoms with Gasteiger partial charge in [0, 0.05) is 23.3 Å². The molecule has 1 fully saturated rings. The molecule has 1 aromatic rings. The van der Waals surface area contributed by atoms with Gasteiger partial charge in [-0.1, -0.05) is 42.8 Å². The summed E-state index contributed by atoms with van der Waals surface area (Å²) in [5.41, 5.74) is 9.22. The van der Waals surface area contributed by atoms with E-state index in [1.165, 1.54) is 23.4 Å². The van der Waals surface area contributed by atoms with Gasteiger partial charge < -0.3 is 4.90 Å². The van der Waals surface area contributed by atoms with Gasteiger partial charge >= 0.3 is 0 Å². The van der Waals surface area contributed by atoms with Gasteiger partial charge in [0.1, 0.15) is 0 Å². The summed E-state index contributed by atoms with van der Waals surface area (Å²) in [6.07, 6.45) is 15.2. The monoisotopic (exact) mass is 301 g/mol. The third-order valence-corrected chi connectivity index (χ3v) is 5.44. The minimum absolute atomic E-state index is 0.324. The summed E-state index contributed by atoms with van der Waals surface area (Å²) in [6.45, 7) is 5.63. The van der Waals surface area contributed by atoms with Crippen LogP contribution in [0.5, 0.6) is 0 Å². The summed E-state index contributed by atoms with van der Waals surface area (Å²) in [5, 5.41) is 0. The summed E-state index contributed by atoms with van der Waals surface area (Å²) in [7, 11) is 0. The average Bonchev–Trinajstić information content (AvgIpc) is 3.27. The molecule has 0 saturated heterocycles. The SMILES string of the molecule is CC/C=C(/C)C1CC12CN(C1=CC=C=CC=C1)c1ccccc12. The van der Waals surface area contributed by atoms with Crippen molar-refractivity contribution in [2.75, 3.05) is 11.4 Å². The zero-order chi connectivity index (χ0) is 15.9. The van der Waals surface area contributed by atoms with Crippen molar-refractivity contribution < 1.29 is 0 Å². The van der Waals surface area contributed by atoms with E-state index >= 15 is 0 Å². The molecule has 1 heteroatoms. The van der Waals surface area contributed by atoms with Crippen LogP contribution in [0.25, 0.3) is 0 Å². The van der Waals surface area contributed by atoms with Crippen LogP contribution < -0.4 is 4.90 Å². The second kappa shape index (κ2) is 5.44. The fraction of sp³-hybridized carbons (Fsp3) is 0.318. The third-order valence-electron chi connectivity index (χ3n) is 5.44. The summed E-state index contributed by atoms with van der Waals surface area (Å²) < 4.78 is 0. The molecule has 1 heterocycles. The van der Waals surface area contributed by atoms with Crippen molar-refractivity contribution in [3.8, 4) is 0 Å². The molecule has 4 rings (SSSR count). The normalized spacial score (nSPS) is 28.1. The molecule has 0 radical (unpaired) electrons. The van der Waals surface area contributed by atoms with Crippen LogP contribution >= 0.6 is 0 Å². The van der Waals surface area contributed by atoms with Gasteiger partial charge in [-0.05, 0) is 61.6 Å². The number of hydrogen-bond acceptors (Lipinski definition) is 1. The lowest BCUT2D eigenvalue weighted by molar-refractivity contribution is 0.678. The van der Waals surface area contributed by atoms with Crippen LogP contribution in [0.3, 0.4) is 0 Å². The quantitative estimate of drug-likeness (QED) is 0.542. The average molecular weight is 301 g/mol. The number of anilines is 1. The van der Waals surface area contributed by atoms with E-state index in [1.807, 2.05) is 12.2 Å².